The van der Waals surface area contributed by atoms with Crippen molar-refractivity contribution >= 4 is 11.8 Å². The Morgan fingerprint density at radius 1 is 0.720 bits per heavy atom. The Morgan fingerprint density at radius 3 is 1.92 bits per heavy atom. The summed E-state index contributed by atoms with van der Waals surface area (Å²) in [7, 11) is 0. The molecule has 3 rings (SSSR count). The van der Waals surface area contributed by atoms with E-state index in [1.807, 2.05) is 18.2 Å². The summed E-state index contributed by atoms with van der Waals surface area (Å²) >= 11 is 0. The monoisotopic (exact) mass is 344 g/mol. The van der Waals surface area contributed by atoms with Gasteiger partial charge in [0, 0.05) is 37.3 Å². The number of nitrogens with zero attached hydrogens (tertiary/aromatic N) is 2. The number of hydrogen-bond acceptors (Lipinski definition) is 2. The minimum absolute atomic E-state index is 0.0669. The van der Waals surface area contributed by atoms with Crippen LogP contribution in [0.5, 0.6) is 0 Å². The highest BCUT2D eigenvalue weighted by molar-refractivity contribution is 5.95. The number of amides is 2. The van der Waals surface area contributed by atoms with Crippen LogP contribution in [0.1, 0.15) is 27.1 Å². The third-order valence-corrected chi connectivity index (χ3v) is 4.26. The number of hydrogen-bond donors (Lipinski definition) is 0. The molecule has 1 aliphatic heterocycles. The predicted octanol–water partition coefficient (Wildman–Crippen LogP) is 2.95. The van der Waals surface area contributed by atoms with E-state index in [1.165, 1.54) is 6.07 Å². The molecule has 2 amide bonds. The van der Waals surface area contributed by atoms with E-state index >= 15 is 0 Å². The molecule has 1 heterocycles. The molecule has 6 heteroatoms. The Bertz CT molecular complexity index is 780. The Hall–Kier alpha value is -2.76. The molecule has 0 spiro atoms. The fourth-order valence-corrected chi connectivity index (χ4v) is 2.90. The second-order valence-electron chi connectivity index (χ2n) is 5.93. The Labute approximate surface area is 144 Å². The van der Waals surface area contributed by atoms with Crippen molar-refractivity contribution in [2.24, 2.45) is 0 Å². The highest BCUT2D eigenvalue weighted by atomic mass is 19.2. The molecule has 0 N–H and O–H groups in total. The van der Waals surface area contributed by atoms with E-state index in [4.69, 9.17) is 0 Å². The third-order valence-electron chi connectivity index (χ3n) is 4.26. The van der Waals surface area contributed by atoms with Crippen molar-refractivity contribution in [2.45, 2.75) is 6.42 Å². The van der Waals surface area contributed by atoms with Gasteiger partial charge < -0.3 is 9.80 Å². The minimum atomic E-state index is -1.04. The first-order valence-electron chi connectivity index (χ1n) is 8.15. The predicted molar refractivity (Wildman–Crippen MR) is 89.2 cm³/mol. The lowest BCUT2D eigenvalue weighted by atomic mass is 10.2. The van der Waals surface area contributed by atoms with E-state index in [-0.39, 0.29) is 17.4 Å². The van der Waals surface area contributed by atoms with Gasteiger partial charge in [0.2, 0.25) is 0 Å². The van der Waals surface area contributed by atoms with E-state index in [0.717, 1.165) is 12.1 Å². The van der Waals surface area contributed by atoms with E-state index < -0.39 is 11.6 Å². The van der Waals surface area contributed by atoms with Crippen LogP contribution in [0.3, 0.4) is 0 Å². The molecule has 0 aliphatic carbocycles. The normalized spacial score (nSPS) is 15.0. The summed E-state index contributed by atoms with van der Waals surface area (Å²) in [6.07, 6.45) is 0.633. The summed E-state index contributed by atoms with van der Waals surface area (Å²) < 4.78 is 26.4. The van der Waals surface area contributed by atoms with Crippen molar-refractivity contribution in [3.63, 3.8) is 0 Å². The lowest BCUT2D eigenvalue weighted by Gasteiger charge is -2.22. The smallest absolute Gasteiger partial charge is 0.254 e. The molecule has 0 atom stereocenters. The average molecular weight is 344 g/mol. The standard InChI is InChI=1S/C19H18F2N2O2/c20-16-8-7-15(13-17(16)21)19(25)23-10-4-9-22(11-12-23)18(24)14-5-2-1-3-6-14/h1-3,5-8,13H,4,9-12H2. The second-order valence-corrected chi connectivity index (χ2v) is 5.93. The quantitative estimate of drug-likeness (QED) is 0.840. The summed E-state index contributed by atoms with van der Waals surface area (Å²) in [5.41, 5.74) is 0.726. The second kappa shape index (κ2) is 7.42. The first-order chi connectivity index (χ1) is 12.1. The lowest BCUT2D eigenvalue weighted by Crippen LogP contribution is -2.37. The molecule has 0 bridgehead atoms. The van der Waals surface area contributed by atoms with Crippen LogP contribution in [0, 0.1) is 11.6 Å². The van der Waals surface area contributed by atoms with Gasteiger partial charge in [-0.1, -0.05) is 18.2 Å². The summed E-state index contributed by atoms with van der Waals surface area (Å²) in [6.45, 7) is 1.78. The van der Waals surface area contributed by atoms with Crippen molar-refractivity contribution in [1.29, 1.82) is 0 Å². The van der Waals surface area contributed by atoms with E-state index in [2.05, 4.69) is 0 Å². The van der Waals surface area contributed by atoms with Gasteiger partial charge in [-0.25, -0.2) is 8.78 Å². The van der Waals surface area contributed by atoms with E-state index in [9.17, 15) is 18.4 Å². The van der Waals surface area contributed by atoms with Crippen molar-refractivity contribution in [3.05, 3.63) is 71.3 Å². The zero-order valence-corrected chi connectivity index (χ0v) is 13.6. The van der Waals surface area contributed by atoms with Crippen molar-refractivity contribution in [3.8, 4) is 0 Å². The number of benzene rings is 2. The summed E-state index contributed by atoms with van der Waals surface area (Å²) in [5, 5.41) is 0. The van der Waals surface area contributed by atoms with Crippen LogP contribution in [-0.2, 0) is 0 Å². The highest BCUT2D eigenvalue weighted by Crippen LogP contribution is 2.14. The third kappa shape index (κ3) is 3.84. The van der Waals surface area contributed by atoms with Gasteiger partial charge in [0.15, 0.2) is 11.6 Å². The maximum Gasteiger partial charge on any atom is 0.254 e. The number of rotatable bonds is 2. The maximum absolute atomic E-state index is 13.3. The van der Waals surface area contributed by atoms with Gasteiger partial charge >= 0.3 is 0 Å². The maximum atomic E-state index is 13.3. The van der Waals surface area contributed by atoms with Gasteiger partial charge in [0.25, 0.3) is 11.8 Å². The molecule has 25 heavy (non-hydrogen) atoms. The van der Waals surface area contributed by atoms with Crippen molar-refractivity contribution < 1.29 is 18.4 Å². The van der Waals surface area contributed by atoms with Crippen LogP contribution in [0.4, 0.5) is 8.78 Å². The zero-order chi connectivity index (χ0) is 17.8. The fourth-order valence-electron chi connectivity index (χ4n) is 2.90. The molecule has 130 valence electrons. The Kier molecular flexibility index (Phi) is 5.07. The van der Waals surface area contributed by atoms with Gasteiger partial charge in [0.1, 0.15) is 0 Å². The van der Waals surface area contributed by atoms with Crippen molar-refractivity contribution in [1.82, 2.24) is 9.80 Å². The van der Waals surface area contributed by atoms with Crippen LogP contribution in [0.2, 0.25) is 0 Å². The highest BCUT2D eigenvalue weighted by Gasteiger charge is 2.24. The first-order valence-corrected chi connectivity index (χ1v) is 8.15. The van der Waals surface area contributed by atoms with Crippen LogP contribution < -0.4 is 0 Å². The Morgan fingerprint density at radius 2 is 1.32 bits per heavy atom. The van der Waals surface area contributed by atoms with Gasteiger partial charge in [-0.2, -0.15) is 0 Å². The fraction of sp³-hybridized carbons (Fsp3) is 0.263. The zero-order valence-electron chi connectivity index (χ0n) is 13.6. The molecular weight excluding hydrogens is 326 g/mol. The topological polar surface area (TPSA) is 40.6 Å². The molecule has 1 fully saturated rings. The molecule has 0 unspecified atom stereocenters. The Balaban J connectivity index is 1.68. The molecule has 2 aromatic rings. The van der Waals surface area contributed by atoms with Gasteiger partial charge in [-0.3, -0.25) is 9.59 Å². The van der Waals surface area contributed by atoms with Crippen LogP contribution in [-0.4, -0.2) is 47.8 Å². The average Bonchev–Trinajstić information content (AvgIpc) is 2.89. The van der Waals surface area contributed by atoms with Crippen molar-refractivity contribution in [2.75, 3.05) is 26.2 Å². The van der Waals surface area contributed by atoms with Gasteiger partial charge in [-0.05, 0) is 36.8 Å². The summed E-state index contributed by atoms with van der Waals surface area (Å²) in [5.74, 6) is -2.44. The van der Waals surface area contributed by atoms with Crippen LogP contribution in [0.15, 0.2) is 48.5 Å². The molecule has 2 aromatic carbocycles. The lowest BCUT2D eigenvalue weighted by molar-refractivity contribution is 0.0718. The van der Waals surface area contributed by atoms with Gasteiger partial charge in [-0.15, -0.1) is 0 Å². The first kappa shape index (κ1) is 17.1. The summed E-state index contributed by atoms with van der Waals surface area (Å²) in [6, 6.07) is 12.1. The molecule has 0 saturated carbocycles. The number of carbonyl (C=O) groups is 2. The molecule has 1 aliphatic rings. The van der Waals surface area contributed by atoms with Gasteiger partial charge in [0.05, 0.1) is 0 Å². The van der Waals surface area contributed by atoms with Crippen LogP contribution in [0.25, 0.3) is 0 Å². The molecule has 0 radical (unpaired) electrons. The number of carbonyl (C=O) groups excluding carboxylic acids is 2. The molecular formula is C19H18F2N2O2. The molecule has 4 nitrogen and oxygen atoms in total. The van der Waals surface area contributed by atoms with Crippen LogP contribution >= 0.6 is 0 Å². The van der Waals surface area contributed by atoms with E-state index in [1.54, 1.807) is 21.9 Å². The summed E-state index contributed by atoms with van der Waals surface area (Å²) in [4.78, 5) is 28.3. The minimum Gasteiger partial charge on any atom is -0.337 e. The molecule has 0 aromatic heterocycles. The SMILES string of the molecule is O=C(c1ccccc1)N1CCCN(C(=O)c2ccc(F)c(F)c2)CC1. The largest absolute Gasteiger partial charge is 0.337 e. The van der Waals surface area contributed by atoms with E-state index in [0.29, 0.717) is 38.2 Å². The molecule has 1 saturated heterocycles. The number of halogens is 2.